The number of aromatic carboxylic acids is 1. The molecule has 1 fully saturated rings. The second kappa shape index (κ2) is 15.2. The predicted octanol–water partition coefficient (Wildman–Crippen LogP) is 9.17. The minimum atomic E-state index is -1.04. The fourth-order valence-electron chi connectivity index (χ4n) is 8.70. The first-order valence-corrected chi connectivity index (χ1v) is 20.1. The lowest BCUT2D eigenvalue weighted by molar-refractivity contribution is -0.0745. The molecular formula is C44H47Cl2N5O6. The molecule has 8 rings (SSSR count). The fraction of sp³-hybridized carbons (Fsp3) is 0.386. The van der Waals surface area contributed by atoms with Gasteiger partial charge < -0.3 is 33.4 Å². The number of fused-ring (bicyclic) bond motifs is 4. The second-order valence-corrected chi connectivity index (χ2v) is 16.4. The molecule has 3 aromatic carbocycles. The van der Waals surface area contributed by atoms with Crippen molar-refractivity contribution < 1.29 is 28.9 Å². The molecule has 5 heterocycles. The molecular weight excluding hydrogens is 765 g/mol. The molecule has 0 aliphatic carbocycles. The van der Waals surface area contributed by atoms with Crippen molar-refractivity contribution in [3.63, 3.8) is 0 Å². The highest BCUT2D eigenvalue weighted by molar-refractivity contribution is 6.35. The molecule has 0 saturated carbocycles. The van der Waals surface area contributed by atoms with Crippen LogP contribution < -0.4 is 9.64 Å². The second-order valence-electron chi connectivity index (χ2n) is 15.6. The van der Waals surface area contributed by atoms with Crippen molar-refractivity contribution in [1.29, 1.82) is 0 Å². The molecule has 298 valence electrons. The Bertz CT molecular complexity index is 2580. The summed E-state index contributed by atoms with van der Waals surface area (Å²) in [4.78, 5) is 29.6. The average Bonchev–Trinajstić information content (AvgIpc) is 3.75. The number of benzene rings is 3. The third kappa shape index (κ3) is 6.78. The number of carboxylic acid groups (broad SMARTS) is 1. The maximum Gasteiger partial charge on any atom is 0.352 e. The first kappa shape index (κ1) is 39.0. The summed E-state index contributed by atoms with van der Waals surface area (Å²) in [5.41, 5.74) is 10.2. The number of halogens is 2. The molecule has 2 aliphatic rings. The normalized spacial score (nSPS) is 15.8. The Kier molecular flexibility index (Phi) is 10.4. The van der Waals surface area contributed by atoms with Gasteiger partial charge in [-0.1, -0.05) is 29.3 Å². The van der Waals surface area contributed by atoms with Crippen LogP contribution in [0.1, 0.15) is 74.0 Å². The number of hydrogen-bond donors (Lipinski definition) is 1. The summed E-state index contributed by atoms with van der Waals surface area (Å²) in [6.45, 7) is 13.1. The summed E-state index contributed by atoms with van der Waals surface area (Å²) in [6, 6.07) is 13.3. The van der Waals surface area contributed by atoms with Crippen LogP contribution in [-0.2, 0) is 36.6 Å². The van der Waals surface area contributed by atoms with Crippen LogP contribution >= 0.6 is 23.2 Å². The zero-order chi connectivity index (χ0) is 40.4. The molecule has 0 bridgehead atoms. The summed E-state index contributed by atoms with van der Waals surface area (Å²) in [5, 5.41) is 17.9. The summed E-state index contributed by atoms with van der Waals surface area (Å²) >= 11 is 13.6. The third-order valence-electron chi connectivity index (χ3n) is 11.6. The molecule has 1 amide bonds. The van der Waals surface area contributed by atoms with Crippen molar-refractivity contribution in [3.8, 4) is 16.9 Å². The highest BCUT2D eigenvalue weighted by atomic mass is 35.5. The van der Waals surface area contributed by atoms with Gasteiger partial charge in [0.1, 0.15) is 17.1 Å². The van der Waals surface area contributed by atoms with E-state index in [4.69, 9.17) is 42.5 Å². The average molecular weight is 813 g/mol. The number of aromatic nitrogens is 4. The number of hydrogen-bond acceptors (Lipinski definition) is 6. The number of rotatable bonds is 12. The van der Waals surface area contributed by atoms with E-state index in [1.165, 1.54) is 0 Å². The Morgan fingerprint density at radius 1 is 1.00 bits per heavy atom. The number of amides is 1. The summed E-state index contributed by atoms with van der Waals surface area (Å²) in [6.07, 6.45) is 1.20. The van der Waals surface area contributed by atoms with Gasteiger partial charge in [0.25, 0.3) is 5.91 Å². The molecule has 6 aromatic rings. The number of carbonyl (C=O) groups excluding carboxylic acids is 1. The van der Waals surface area contributed by atoms with Crippen LogP contribution in [0.4, 0.5) is 5.69 Å². The van der Waals surface area contributed by atoms with Crippen molar-refractivity contribution in [3.05, 3.63) is 97.5 Å². The number of aryl methyl sites for hydroxylation is 6. The van der Waals surface area contributed by atoms with Crippen molar-refractivity contribution in [2.24, 2.45) is 20.0 Å². The predicted molar refractivity (Wildman–Crippen MR) is 224 cm³/mol. The number of nitrogens with zero attached hydrogens (tertiary/aromatic N) is 5. The van der Waals surface area contributed by atoms with Crippen LogP contribution in [0, 0.1) is 33.6 Å². The van der Waals surface area contributed by atoms with Gasteiger partial charge in [-0.2, -0.15) is 5.10 Å². The first-order chi connectivity index (χ1) is 27.2. The highest BCUT2D eigenvalue weighted by Crippen LogP contribution is 2.46. The third-order valence-corrected chi connectivity index (χ3v) is 12.5. The van der Waals surface area contributed by atoms with Crippen molar-refractivity contribution in [2.45, 2.75) is 60.1 Å². The maximum atomic E-state index is 15.4. The zero-order valence-electron chi connectivity index (χ0n) is 33.3. The highest BCUT2D eigenvalue weighted by Gasteiger charge is 2.38. The van der Waals surface area contributed by atoms with Crippen LogP contribution in [0.15, 0.2) is 42.5 Å². The number of ether oxygens (including phenoxy) is 3. The van der Waals surface area contributed by atoms with Crippen molar-refractivity contribution >= 4 is 62.6 Å². The molecule has 1 saturated heterocycles. The summed E-state index contributed by atoms with van der Waals surface area (Å²) in [5.74, 6) is -0.103. The standard InChI is InChI=1S/C44H47Cl2N5O6/c1-23-13-31(14-24(2)39(23)46)57-12-8-9-32-33-10-11-34(45)38(37-26(4)47-49(7)27(37)5)41(33)51-25(3)18-50(43(52)42(32)51)35-16-28(19-55-20-29-21-56-22-29)15-30-17-36(44(53)54)48(6)40(30)35/h10-11,13-17,25,29H,8-9,12,18-22H2,1-7H3,(H,53,54). The molecule has 1 atom stereocenters. The van der Waals surface area contributed by atoms with E-state index in [0.717, 1.165) is 71.8 Å². The quantitative estimate of drug-likeness (QED) is 0.123. The van der Waals surface area contributed by atoms with Crippen LogP contribution in [0.2, 0.25) is 10.0 Å². The summed E-state index contributed by atoms with van der Waals surface area (Å²) in [7, 11) is 3.66. The van der Waals surface area contributed by atoms with Gasteiger partial charge in [0.15, 0.2) is 0 Å². The Hall–Kier alpha value is -4.81. The lowest BCUT2D eigenvalue weighted by Crippen LogP contribution is -2.43. The van der Waals surface area contributed by atoms with Gasteiger partial charge in [0.05, 0.1) is 60.5 Å². The molecule has 0 spiro atoms. The molecule has 2 aliphatic heterocycles. The molecule has 0 radical (unpaired) electrons. The van der Waals surface area contributed by atoms with E-state index in [1.54, 1.807) is 17.7 Å². The van der Waals surface area contributed by atoms with Crippen LogP contribution in [-0.4, -0.2) is 68.9 Å². The SMILES string of the molecule is Cc1cc(OCCCc2c3n(c4c(-c5c(C)nn(C)c5C)c(Cl)ccc24)C(C)CN(c2cc(COCC4COC4)cc4cc(C(=O)O)n(C)c24)C3=O)cc(C)c1Cl. The van der Waals surface area contributed by atoms with E-state index >= 15 is 4.79 Å². The van der Waals surface area contributed by atoms with E-state index in [0.29, 0.717) is 80.3 Å². The zero-order valence-corrected chi connectivity index (χ0v) is 34.8. The Labute approximate surface area is 341 Å². The van der Waals surface area contributed by atoms with Crippen molar-refractivity contribution in [2.75, 3.05) is 37.9 Å². The molecule has 57 heavy (non-hydrogen) atoms. The van der Waals surface area contributed by atoms with Gasteiger partial charge in [0, 0.05) is 65.2 Å². The molecule has 1 unspecified atom stereocenters. The number of carboxylic acids is 1. The van der Waals surface area contributed by atoms with Crippen molar-refractivity contribution in [1.82, 2.24) is 18.9 Å². The van der Waals surface area contributed by atoms with Gasteiger partial charge in [-0.05, 0) is 106 Å². The van der Waals surface area contributed by atoms with Crippen LogP contribution in [0.3, 0.4) is 0 Å². The van der Waals surface area contributed by atoms with E-state index in [-0.39, 0.29) is 17.6 Å². The topological polar surface area (TPSA) is 113 Å². The van der Waals surface area contributed by atoms with Crippen LogP contribution in [0.5, 0.6) is 5.75 Å². The van der Waals surface area contributed by atoms with Gasteiger partial charge in [-0.3, -0.25) is 9.48 Å². The van der Waals surface area contributed by atoms with E-state index < -0.39 is 5.97 Å². The van der Waals surface area contributed by atoms with Gasteiger partial charge in [-0.25, -0.2) is 4.79 Å². The van der Waals surface area contributed by atoms with Gasteiger partial charge >= 0.3 is 5.97 Å². The Morgan fingerprint density at radius 3 is 2.39 bits per heavy atom. The minimum Gasteiger partial charge on any atom is -0.494 e. The monoisotopic (exact) mass is 811 g/mol. The van der Waals surface area contributed by atoms with E-state index in [9.17, 15) is 9.90 Å². The minimum absolute atomic E-state index is 0.135. The smallest absolute Gasteiger partial charge is 0.352 e. The lowest BCUT2D eigenvalue weighted by Gasteiger charge is -2.35. The molecule has 3 aromatic heterocycles. The van der Waals surface area contributed by atoms with E-state index in [1.807, 2.05) is 80.7 Å². The van der Waals surface area contributed by atoms with Gasteiger partial charge in [-0.15, -0.1) is 0 Å². The number of anilines is 1. The first-order valence-electron chi connectivity index (χ1n) is 19.3. The maximum absolute atomic E-state index is 15.4. The summed E-state index contributed by atoms with van der Waals surface area (Å²) < 4.78 is 23.4. The fourth-order valence-corrected chi connectivity index (χ4v) is 9.05. The Morgan fingerprint density at radius 2 is 1.74 bits per heavy atom. The van der Waals surface area contributed by atoms with Crippen LogP contribution in [0.25, 0.3) is 32.9 Å². The largest absolute Gasteiger partial charge is 0.494 e. The molecule has 13 heteroatoms. The molecule has 1 N–H and O–H groups in total. The van der Waals surface area contributed by atoms with E-state index in [2.05, 4.69) is 11.5 Å². The Balaban J connectivity index is 1.26. The lowest BCUT2D eigenvalue weighted by atomic mass is 9.98. The number of carbonyl (C=O) groups is 2. The molecule has 11 nitrogen and oxygen atoms in total. The van der Waals surface area contributed by atoms with Gasteiger partial charge in [0.2, 0.25) is 0 Å².